The topological polar surface area (TPSA) is 26.0 Å². The second-order valence-electron chi connectivity index (χ2n) is 3.04. The SMILES string of the molecule is NC[Si]1(CCl)CCCC1. The lowest BCUT2D eigenvalue weighted by Crippen LogP contribution is -2.42. The Balaban J connectivity index is 2.45. The lowest BCUT2D eigenvalue weighted by Gasteiger charge is -2.20. The quantitative estimate of drug-likeness (QED) is 0.485. The summed E-state index contributed by atoms with van der Waals surface area (Å²) < 4.78 is 0. The molecule has 3 heteroatoms. The first-order valence-corrected chi connectivity index (χ1v) is 6.95. The minimum atomic E-state index is -1.04. The highest BCUT2D eigenvalue weighted by Crippen LogP contribution is 2.29. The summed E-state index contributed by atoms with van der Waals surface area (Å²) in [6.07, 6.45) is 3.68. The van der Waals surface area contributed by atoms with Crippen LogP contribution in [0.5, 0.6) is 0 Å². The molecule has 2 N–H and O–H groups in total. The molecule has 1 nitrogen and oxygen atoms in total. The number of nitrogens with two attached hydrogens (primary N) is 1. The van der Waals surface area contributed by atoms with Crippen LogP contribution in [0.3, 0.4) is 0 Å². The Morgan fingerprint density at radius 2 is 1.89 bits per heavy atom. The first-order valence-electron chi connectivity index (χ1n) is 3.59. The van der Waals surface area contributed by atoms with E-state index < -0.39 is 8.07 Å². The summed E-state index contributed by atoms with van der Waals surface area (Å²) in [6.45, 7) is 0. The van der Waals surface area contributed by atoms with Crippen molar-refractivity contribution in [2.45, 2.75) is 24.9 Å². The van der Waals surface area contributed by atoms with E-state index in [-0.39, 0.29) is 0 Å². The molecule has 0 radical (unpaired) electrons. The average molecular weight is 164 g/mol. The standard InChI is InChI=1S/C6H14ClNSi/c7-5-9(6-8)3-1-2-4-9/h1-6,8H2. The predicted molar refractivity (Wildman–Crippen MR) is 44.4 cm³/mol. The zero-order chi connectivity index (χ0) is 6.74. The van der Waals surface area contributed by atoms with Crippen molar-refractivity contribution in [1.29, 1.82) is 0 Å². The van der Waals surface area contributed by atoms with E-state index in [1.807, 2.05) is 0 Å². The lowest BCUT2D eigenvalue weighted by atomic mass is 10.4. The molecule has 1 saturated heterocycles. The maximum absolute atomic E-state index is 5.85. The second kappa shape index (κ2) is 3.04. The van der Waals surface area contributed by atoms with Gasteiger partial charge in [0.1, 0.15) is 0 Å². The van der Waals surface area contributed by atoms with E-state index in [9.17, 15) is 0 Å². The molecule has 0 amide bonds. The molecule has 1 aliphatic rings. The van der Waals surface area contributed by atoms with Crippen LogP contribution in [0.25, 0.3) is 0 Å². The van der Waals surface area contributed by atoms with Crippen LogP contribution in [0.4, 0.5) is 0 Å². The molecule has 1 heterocycles. The molecule has 0 aromatic carbocycles. The smallest absolute Gasteiger partial charge is 0.0843 e. The monoisotopic (exact) mass is 163 g/mol. The van der Waals surface area contributed by atoms with Crippen molar-refractivity contribution in [2.75, 3.05) is 11.7 Å². The zero-order valence-corrected chi connectivity index (χ0v) is 7.45. The number of alkyl halides is 1. The number of halogens is 1. The maximum atomic E-state index is 5.85. The number of hydrogen-bond acceptors (Lipinski definition) is 1. The van der Waals surface area contributed by atoms with Gasteiger partial charge in [-0.15, -0.1) is 11.6 Å². The van der Waals surface area contributed by atoms with Gasteiger partial charge >= 0.3 is 0 Å². The molecular weight excluding hydrogens is 150 g/mol. The Kier molecular flexibility index (Phi) is 2.56. The Morgan fingerprint density at radius 3 is 2.11 bits per heavy atom. The molecule has 1 aliphatic heterocycles. The van der Waals surface area contributed by atoms with Gasteiger partial charge in [-0.1, -0.05) is 24.9 Å². The third-order valence-electron chi connectivity index (χ3n) is 2.38. The normalized spacial score (nSPS) is 24.7. The molecule has 0 saturated carbocycles. The summed E-state index contributed by atoms with van der Waals surface area (Å²) in [7, 11) is -1.04. The van der Waals surface area contributed by atoms with Gasteiger partial charge in [-0.2, -0.15) is 0 Å². The number of hydrogen-bond donors (Lipinski definition) is 1. The Morgan fingerprint density at radius 1 is 1.33 bits per heavy atom. The van der Waals surface area contributed by atoms with Crippen LogP contribution in [0.2, 0.25) is 12.1 Å². The summed E-state index contributed by atoms with van der Waals surface area (Å²) in [5, 5.41) is 0. The highest BCUT2D eigenvalue weighted by molar-refractivity contribution is 6.85. The van der Waals surface area contributed by atoms with Crippen LogP contribution in [0.1, 0.15) is 12.8 Å². The summed E-state index contributed by atoms with van der Waals surface area (Å²) in [5.41, 5.74) is 6.55. The van der Waals surface area contributed by atoms with Crippen molar-refractivity contribution >= 4 is 19.7 Å². The lowest BCUT2D eigenvalue weighted by molar-refractivity contribution is 0.935. The molecule has 0 unspecified atom stereocenters. The van der Waals surface area contributed by atoms with Gasteiger partial charge in [0.25, 0.3) is 0 Å². The molecule has 0 aromatic heterocycles. The summed E-state index contributed by atoms with van der Waals surface area (Å²) in [4.78, 5) is 0. The summed E-state index contributed by atoms with van der Waals surface area (Å²) >= 11 is 5.85. The van der Waals surface area contributed by atoms with Gasteiger partial charge < -0.3 is 5.73 Å². The second-order valence-corrected chi connectivity index (χ2v) is 8.52. The van der Waals surface area contributed by atoms with E-state index in [1.165, 1.54) is 24.9 Å². The van der Waals surface area contributed by atoms with E-state index in [4.69, 9.17) is 17.3 Å². The third-order valence-corrected chi connectivity index (χ3v) is 8.34. The van der Waals surface area contributed by atoms with Crippen molar-refractivity contribution in [2.24, 2.45) is 5.73 Å². The molecule has 54 valence electrons. The minimum Gasteiger partial charge on any atom is -0.333 e. The molecule has 1 fully saturated rings. The van der Waals surface area contributed by atoms with E-state index in [1.54, 1.807) is 0 Å². The third kappa shape index (κ3) is 1.48. The number of rotatable bonds is 2. The van der Waals surface area contributed by atoms with Crippen LogP contribution < -0.4 is 5.73 Å². The fourth-order valence-electron chi connectivity index (χ4n) is 1.52. The molecule has 9 heavy (non-hydrogen) atoms. The van der Waals surface area contributed by atoms with Crippen LogP contribution in [0, 0.1) is 0 Å². The van der Waals surface area contributed by atoms with Gasteiger partial charge in [-0.05, 0) is 6.17 Å². The van der Waals surface area contributed by atoms with Crippen molar-refractivity contribution in [3.63, 3.8) is 0 Å². The van der Waals surface area contributed by atoms with Crippen molar-refractivity contribution in [3.05, 3.63) is 0 Å². The van der Waals surface area contributed by atoms with Gasteiger partial charge in [-0.25, -0.2) is 0 Å². The molecule has 0 aromatic rings. The molecule has 0 atom stereocenters. The zero-order valence-electron chi connectivity index (χ0n) is 5.70. The first kappa shape index (κ1) is 7.57. The fraction of sp³-hybridized carbons (Fsp3) is 1.00. The van der Waals surface area contributed by atoms with Crippen LogP contribution in [0.15, 0.2) is 0 Å². The van der Waals surface area contributed by atoms with Crippen molar-refractivity contribution in [3.8, 4) is 0 Å². The van der Waals surface area contributed by atoms with E-state index in [0.717, 1.165) is 11.7 Å². The average Bonchev–Trinajstić information content (AvgIpc) is 2.36. The van der Waals surface area contributed by atoms with Crippen molar-refractivity contribution in [1.82, 2.24) is 0 Å². The van der Waals surface area contributed by atoms with Gasteiger partial charge in [0.15, 0.2) is 0 Å². The molecule has 0 spiro atoms. The molecule has 0 aliphatic carbocycles. The fourth-order valence-corrected chi connectivity index (χ4v) is 5.68. The summed E-state index contributed by atoms with van der Waals surface area (Å²) in [6, 6.07) is 2.76. The largest absolute Gasteiger partial charge is 0.333 e. The van der Waals surface area contributed by atoms with Crippen molar-refractivity contribution < 1.29 is 0 Å². The first-order chi connectivity index (χ1) is 4.33. The van der Waals surface area contributed by atoms with Crippen LogP contribution >= 0.6 is 11.6 Å². The van der Waals surface area contributed by atoms with Gasteiger partial charge in [0.05, 0.1) is 8.07 Å². The van der Waals surface area contributed by atoms with Gasteiger partial charge in [0.2, 0.25) is 0 Å². The predicted octanol–water partition coefficient (Wildman–Crippen LogP) is 1.50. The van der Waals surface area contributed by atoms with Gasteiger partial charge in [0, 0.05) is 5.50 Å². The van der Waals surface area contributed by atoms with Crippen LogP contribution in [-0.2, 0) is 0 Å². The van der Waals surface area contributed by atoms with Crippen LogP contribution in [-0.4, -0.2) is 19.7 Å². The Bertz CT molecular complexity index is 85.1. The van der Waals surface area contributed by atoms with Gasteiger partial charge in [-0.3, -0.25) is 0 Å². The molecule has 1 rings (SSSR count). The molecule has 0 bridgehead atoms. The highest BCUT2D eigenvalue weighted by atomic mass is 35.5. The van der Waals surface area contributed by atoms with E-state index >= 15 is 0 Å². The van der Waals surface area contributed by atoms with E-state index in [0.29, 0.717) is 0 Å². The highest BCUT2D eigenvalue weighted by Gasteiger charge is 2.33. The molecular formula is C6H14ClNSi. The van der Waals surface area contributed by atoms with E-state index in [2.05, 4.69) is 0 Å². The Labute approximate surface area is 62.6 Å². The Hall–Kier alpha value is 0.467. The summed E-state index contributed by atoms with van der Waals surface area (Å²) in [5.74, 6) is 0. The maximum Gasteiger partial charge on any atom is 0.0843 e. The minimum absolute atomic E-state index is 0.892.